The summed E-state index contributed by atoms with van der Waals surface area (Å²) in [6.07, 6.45) is 0.541. The van der Waals surface area contributed by atoms with Crippen molar-refractivity contribution < 1.29 is 24.2 Å². The number of nitrogens with zero attached hydrogens (tertiary/aromatic N) is 1. The molecular weight excluding hydrogens is 360 g/mol. The van der Waals surface area contributed by atoms with Gasteiger partial charge < -0.3 is 15.2 Å². The van der Waals surface area contributed by atoms with Crippen LogP contribution >= 0.6 is 0 Å². The highest BCUT2D eigenvalue weighted by atomic mass is 16.5. The zero-order valence-corrected chi connectivity index (χ0v) is 17.0. The molecule has 0 aromatic heterocycles. The largest absolute Gasteiger partial charge is 0.459 e. The van der Waals surface area contributed by atoms with Gasteiger partial charge in [0.2, 0.25) is 0 Å². The fourth-order valence-electron chi connectivity index (χ4n) is 4.45. The van der Waals surface area contributed by atoms with Gasteiger partial charge in [-0.1, -0.05) is 0 Å². The number of carbonyl (C=O) groups excluding carboxylic acids is 3. The molecule has 3 rings (SSSR count). The Morgan fingerprint density at radius 2 is 1.75 bits per heavy atom. The Hall–Kier alpha value is -2.25. The monoisotopic (exact) mass is 388 g/mol. The Bertz CT molecular complexity index is 812. The highest BCUT2D eigenvalue weighted by Crippen LogP contribution is 2.36. The Balaban J connectivity index is 1.86. The van der Waals surface area contributed by atoms with E-state index < -0.39 is 12.1 Å². The van der Waals surface area contributed by atoms with E-state index in [-0.39, 0.29) is 46.7 Å². The van der Waals surface area contributed by atoms with Crippen molar-refractivity contribution in [1.29, 1.82) is 0 Å². The molecule has 2 heterocycles. The summed E-state index contributed by atoms with van der Waals surface area (Å²) < 4.78 is 5.00. The van der Waals surface area contributed by atoms with E-state index in [0.29, 0.717) is 18.4 Å². The number of amides is 2. The van der Waals surface area contributed by atoms with Crippen molar-refractivity contribution in [3.8, 4) is 0 Å². The molecule has 1 atom stereocenters. The number of nitrogens with one attached hydrogen (secondary N) is 1. The van der Waals surface area contributed by atoms with Gasteiger partial charge in [-0.3, -0.25) is 14.5 Å². The number of carbonyl (C=O) groups is 3. The minimum absolute atomic E-state index is 0.131. The maximum absolute atomic E-state index is 13.1. The van der Waals surface area contributed by atoms with Crippen LogP contribution in [0.4, 0.5) is 0 Å². The van der Waals surface area contributed by atoms with Gasteiger partial charge in [0.25, 0.3) is 11.8 Å². The zero-order chi connectivity index (χ0) is 20.9. The SMILES string of the molecule is CC(O)COC(=O)c1ccc2c(c1)C(=O)N(C1CC(C)(C)NC(C)(C)C1)C2=O. The molecule has 0 radical (unpaired) electrons. The first kappa shape index (κ1) is 20.5. The molecule has 2 aliphatic heterocycles. The number of hydrogen-bond acceptors (Lipinski definition) is 6. The van der Waals surface area contributed by atoms with Crippen LogP contribution < -0.4 is 5.32 Å². The number of aliphatic hydroxyl groups is 1. The Labute approximate surface area is 165 Å². The van der Waals surface area contributed by atoms with Gasteiger partial charge in [0.1, 0.15) is 6.61 Å². The van der Waals surface area contributed by atoms with Gasteiger partial charge in [-0.05, 0) is 65.7 Å². The van der Waals surface area contributed by atoms with Crippen molar-refractivity contribution in [2.24, 2.45) is 0 Å². The number of piperidine rings is 1. The quantitative estimate of drug-likeness (QED) is 0.606. The molecule has 0 spiro atoms. The molecule has 2 aliphatic rings. The zero-order valence-electron chi connectivity index (χ0n) is 17.0. The first-order valence-corrected chi connectivity index (χ1v) is 9.57. The van der Waals surface area contributed by atoms with Crippen LogP contribution in [0, 0.1) is 0 Å². The third-order valence-corrected chi connectivity index (χ3v) is 5.14. The predicted octanol–water partition coefficient (Wildman–Crippen LogP) is 2.13. The Morgan fingerprint density at radius 1 is 1.18 bits per heavy atom. The summed E-state index contributed by atoms with van der Waals surface area (Å²) in [4.78, 5) is 39.5. The molecule has 152 valence electrons. The molecule has 1 saturated heterocycles. The maximum Gasteiger partial charge on any atom is 0.338 e. The van der Waals surface area contributed by atoms with Gasteiger partial charge in [-0.25, -0.2) is 4.79 Å². The van der Waals surface area contributed by atoms with E-state index in [1.807, 2.05) is 0 Å². The average Bonchev–Trinajstić information content (AvgIpc) is 2.80. The fourth-order valence-corrected chi connectivity index (χ4v) is 4.45. The molecule has 28 heavy (non-hydrogen) atoms. The predicted molar refractivity (Wildman–Crippen MR) is 103 cm³/mol. The molecule has 7 nitrogen and oxygen atoms in total. The third kappa shape index (κ3) is 3.95. The molecule has 1 aromatic carbocycles. The summed E-state index contributed by atoms with van der Waals surface area (Å²) in [5.41, 5.74) is 0.306. The van der Waals surface area contributed by atoms with E-state index in [2.05, 4.69) is 33.0 Å². The van der Waals surface area contributed by atoms with Gasteiger partial charge >= 0.3 is 5.97 Å². The molecule has 1 aromatic rings. The lowest BCUT2D eigenvalue weighted by molar-refractivity contribution is 0.0296. The van der Waals surface area contributed by atoms with Gasteiger partial charge in [0.15, 0.2) is 0 Å². The smallest absolute Gasteiger partial charge is 0.338 e. The van der Waals surface area contributed by atoms with Gasteiger partial charge in [-0.2, -0.15) is 0 Å². The number of rotatable bonds is 4. The molecule has 0 saturated carbocycles. The van der Waals surface area contributed by atoms with Crippen molar-refractivity contribution >= 4 is 17.8 Å². The summed E-state index contributed by atoms with van der Waals surface area (Å²) in [5, 5.41) is 12.8. The van der Waals surface area contributed by atoms with Crippen LogP contribution in [0.2, 0.25) is 0 Å². The summed E-state index contributed by atoms with van der Waals surface area (Å²) in [5.74, 6) is -1.32. The van der Waals surface area contributed by atoms with Crippen molar-refractivity contribution in [3.63, 3.8) is 0 Å². The number of benzene rings is 1. The van der Waals surface area contributed by atoms with Gasteiger partial charge in [0, 0.05) is 17.1 Å². The van der Waals surface area contributed by atoms with E-state index in [4.69, 9.17) is 4.74 Å². The number of ether oxygens (including phenoxy) is 1. The molecule has 1 unspecified atom stereocenters. The van der Waals surface area contributed by atoms with Crippen LogP contribution in [0.5, 0.6) is 0 Å². The second kappa shape index (κ2) is 6.97. The van der Waals surface area contributed by atoms with Crippen molar-refractivity contribution in [2.45, 2.75) is 70.7 Å². The van der Waals surface area contributed by atoms with Crippen LogP contribution in [-0.4, -0.2) is 57.6 Å². The molecule has 2 amide bonds. The van der Waals surface area contributed by atoms with Gasteiger partial charge in [-0.15, -0.1) is 0 Å². The lowest BCUT2D eigenvalue weighted by Crippen LogP contribution is -2.62. The van der Waals surface area contributed by atoms with Crippen LogP contribution in [0.1, 0.15) is 78.5 Å². The summed E-state index contributed by atoms with van der Waals surface area (Å²) in [7, 11) is 0. The van der Waals surface area contributed by atoms with Crippen LogP contribution in [0.25, 0.3) is 0 Å². The highest BCUT2D eigenvalue weighted by Gasteiger charge is 2.47. The van der Waals surface area contributed by atoms with Crippen molar-refractivity contribution in [3.05, 3.63) is 34.9 Å². The third-order valence-electron chi connectivity index (χ3n) is 5.14. The molecule has 0 bridgehead atoms. The van der Waals surface area contributed by atoms with E-state index in [1.54, 1.807) is 0 Å². The normalized spacial score (nSPS) is 22.1. The van der Waals surface area contributed by atoms with E-state index >= 15 is 0 Å². The second-order valence-corrected chi connectivity index (χ2v) is 9.14. The first-order valence-electron chi connectivity index (χ1n) is 9.57. The van der Waals surface area contributed by atoms with Crippen molar-refractivity contribution in [2.75, 3.05) is 6.61 Å². The summed E-state index contributed by atoms with van der Waals surface area (Å²) in [6, 6.07) is 4.18. The Kier molecular flexibility index (Phi) is 5.10. The summed E-state index contributed by atoms with van der Waals surface area (Å²) >= 11 is 0. The topological polar surface area (TPSA) is 95.9 Å². The molecule has 0 aliphatic carbocycles. The number of imide groups is 1. The lowest BCUT2D eigenvalue weighted by atomic mass is 9.79. The number of esters is 1. The standard InChI is InChI=1S/C21H28N2O5/c1-12(24)11-28-19(27)13-6-7-15-16(8-13)18(26)23(17(15)25)14-9-20(2,3)22-21(4,5)10-14/h6-8,12,14,22,24H,9-11H2,1-5H3. The van der Waals surface area contributed by atoms with Crippen molar-refractivity contribution in [1.82, 2.24) is 10.2 Å². The average molecular weight is 388 g/mol. The number of fused-ring (bicyclic) bond motifs is 1. The lowest BCUT2D eigenvalue weighted by Gasteiger charge is -2.48. The second-order valence-electron chi connectivity index (χ2n) is 9.14. The minimum atomic E-state index is -0.774. The molecular formula is C21H28N2O5. The molecule has 7 heteroatoms. The number of aliphatic hydroxyl groups excluding tert-OH is 1. The minimum Gasteiger partial charge on any atom is -0.459 e. The molecule has 1 fully saturated rings. The van der Waals surface area contributed by atoms with Gasteiger partial charge in [0.05, 0.1) is 22.8 Å². The highest BCUT2D eigenvalue weighted by molar-refractivity contribution is 6.22. The Morgan fingerprint density at radius 3 is 2.32 bits per heavy atom. The van der Waals surface area contributed by atoms with Crippen LogP contribution in [0.15, 0.2) is 18.2 Å². The van der Waals surface area contributed by atoms with E-state index in [9.17, 15) is 19.5 Å². The van der Waals surface area contributed by atoms with E-state index in [1.165, 1.54) is 30.0 Å². The first-order chi connectivity index (χ1) is 12.9. The van der Waals surface area contributed by atoms with Crippen LogP contribution in [-0.2, 0) is 4.74 Å². The maximum atomic E-state index is 13.1. The summed E-state index contributed by atoms with van der Waals surface area (Å²) in [6.45, 7) is 9.64. The molecule has 2 N–H and O–H groups in total. The fraction of sp³-hybridized carbons (Fsp3) is 0.571. The van der Waals surface area contributed by atoms with E-state index in [0.717, 1.165) is 0 Å². The number of hydrogen-bond donors (Lipinski definition) is 2. The van der Waals surface area contributed by atoms with Crippen LogP contribution in [0.3, 0.4) is 0 Å².